The van der Waals surface area contributed by atoms with Crippen LogP contribution in [0.15, 0.2) is 67.1 Å². The number of carbonyl (C=O) groups is 1. The summed E-state index contributed by atoms with van der Waals surface area (Å²) in [5.74, 6) is -0.102. The zero-order valence-corrected chi connectivity index (χ0v) is 23.0. The summed E-state index contributed by atoms with van der Waals surface area (Å²) in [6.45, 7) is 3.58. The van der Waals surface area contributed by atoms with E-state index in [2.05, 4.69) is 30.2 Å². The molecule has 3 heterocycles. The van der Waals surface area contributed by atoms with Crippen molar-refractivity contribution in [2.45, 2.75) is 25.9 Å². The summed E-state index contributed by atoms with van der Waals surface area (Å²) in [5.41, 5.74) is 8.16. The lowest BCUT2D eigenvalue weighted by Crippen LogP contribution is -2.20. The second-order valence-corrected chi connectivity index (χ2v) is 10.3. The van der Waals surface area contributed by atoms with Gasteiger partial charge < -0.3 is 21.1 Å². The third-order valence-corrected chi connectivity index (χ3v) is 7.42. The maximum absolute atomic E-state index is 13.2. The first kappa shape index (κ1) is 27.9. The van der Waals surface area contributed by atoms with Crippen molar-refractivity contribution < 1.29 is 23.1 Å². The highest BCUT2D eigenvalue weighted by atomic mass is 19.4. The van der Waals surface area contributed by atoms with Crippen LogP contribution < -0.4 is 16.0 Å². The van der Waals surface area contributed by atoms with E-state index in [-0.39, 0.29) is 22.9 Å². The molecule has 6 rings (SSSR count). The summed E-state index contributed by atoms with van der Waals surface area (Å²) in [4.78, 5) is 32.8. The van der Waals surface area contributed by atoms with E-state index in [0.29, 0.717) is 39.1 Å². The predicted molar refractivity (Wildman–Crippen MR) is 158 cm³/mol. The SMILES string of the molecule is Cc1ccc(C(=O)Nc2cccc(C(F)(F)F)c2)cc1-c1cc2cnc(N)nc2c(-c2cnc(N3CCCC3)nc2)c1O. The Balaban J connectivity index is 1.42. The number of phenols is 1. The number of aromatic hydroxyl groups is 1. The molecule has 1 amide bonds. The zero-order chi connectivity index (χ0) is 30.3. The number of phenolic OH excluding ortho intramolecular Hbond substituents is 1. The number of nitrogens with zero attached hydrogens (tertiary/aromatic N) is 5. The first-order valence-corrected chi connectivity index (χ1v) is 13.5. The summed E-state index contributed by atoms with van der Waals surface area (Å²) in [6.07, 6.45) is 2.41. The standard InChI is InChI=1S/C31H26F3N7O2/c1-17-7-8-18(28(43)39-22-6-4-5-21(13-22)31(32,33)34)11-23(17)24-12-19-14-36-29(35)40-26(19)25(27(24)42)20-15-37-30(38-16-20)41-9-2-3-10-41/h4-8,11-16,42H,2-3,9-10H2,1H3,(H,39,43)(H2,35,36,40). The fraction of sp³-hybridized carbons (Fsp3) is 0.194. The van der Waals surface area contributed by atoms with Crippen molar-refractivity contribution in [1.29, 1.82) is 0 Å². The number of carbonyl (C=O) groups excluding carboxylic acids is 1. The van der Waals surface area contributed by atoms with Gasteiger partial charge in [0.25, 0.3) is 5.91 Å². The molecular weight excluding hydrogens is 559 g/mol. The lowest BCUT2D eigenvalue weighted by molar-refractivity contribution is -0.137. The first-order chi connectivity index (χ1) is 20.6. The van der Waals surface area contributed by atoms with E-state index in [1.54, 1.807) is 42.9 Å². The number of nitrogens with two attached hydrogens (primary N) is 1. The number of aromatic nitrogens is 4. The molecule has 4 N–H and O–H groups in total. The van der Waals surface area contributed by atoms with E-state index in [1.165, 1.54) is 12.1 Å². The van der Waals surface area contributed by atoms with Crippen molar-refractivity contribution in [3.05, 3.63) is 83.8 Å². The molecule has 2 aromatic heterocycles. The van der Waals surface area contributed by atoms with Gasteiger partial charge in [-0.05, 0) is 67.3 Å². The van der Waals surface area contributed by atoms with Crippen molar-refractivity contribution in [3.8, 4) is 28.0 Å². The van der Waals surface area contributed by atoms with Crippen LogP contribution in [-0.2, 0) is 6.18 Å². The molecule has 1 saturated heterocycles. The van der Waals surface area contributed by atoms with Crippen LogP contribution in [0.25, 0.3) is 33.2 Å². The Kier molecular flexibility index (Phi) is 7.04. The fourth-order valence-corrected chi connectivity index (χ4v) is 5.22. The number of aryl methyl sites for hydroxylation is 1. The van der Waals surface area contributed by atoms with Crippen LogP contribution in [0.5, 0.6) is 5.75 Å². The molecule has 0 bridgehead atoms. The van der Waals surface area contributed by atoms with Gasteiger partial charge in [0.15, 0.2) is 0 Å². The van der Waals surface area contributed by atoms with Crippen molar-refractivity contribution >= 4 is 34.4 Å². The van der Waals surface area contributed by atoms with Crippen molar-refractivity contribution in [2.75, 3.05) is 29.0 Å². The van der Waals surface area contributed by atoms with Gasteiger partial charge in [0.05, 0.1) is 16.6 Å². The Hall–Kier alpha value is -5.26. The average Bonchev–Trinajstić information content (AvgIpc) is 3.52. The monoisotopic (exact) mass is 585 g/mol. The van der Waals surface area contributed by atoms with E-state index >= 15 is 0 Å². The average molecular weight is 586 g/mol. The maximum Gasteiger partial charge on any atom is 0.416 e. The Morgan fingerprint density at radius 1 is 0.977 bits per heavy atom. The molecule has 0 radical (unpaired) electrons. The normalized spacial score (nSPS) is 13.4. The lowest BCUT2D eigenvalue weighted by Gasteiger charge is -2.17. The largest absolute Gasteiger partial charge is 0.507 e. The van der Waals surface area contributed by atoms with E-state index < -0.39 is 17.6 Å². The molecule has 0 atom stereocenters. The number of nitrogens with one attached hydrogen (secondary N) is 1. The highest BCUT2D eigenvalue weighted by Crippen LogP contribution is 2.44. The minimum atomic E-state index is -4.54. The Morgan fingerprint density at radius 2 is 1.72 bits per heavy atom. The molecule has 3 aromatic carbocycles. The summed E-state index contributed by atoms with van der Waals surface area (Å²) < 4.78 is 39.5. The van der Waals surface area contributed by atoms with Gasteiger partial charge in [-0.1, -0.05) is 12.1 Å². The third kappa shape index (κ3) is 5.51. The van der Waals surface area contributed by atoms with Crippen LogP contribution in [0.3, 0.4) is 0 Å². The van der Waals surface area contributed by atoms with Crippen molar-refractivity contribution in [1.82, 2.24) is 19.9 Å². The number of amides is 1. The number of anilines is 3. The van der Waals surface area contributed by atoms with Gasteiger partial charge in [0, 0.05) is 59.4 Å². The van der Waals surface area contributed by atoms with Crippen LogP contribution in [0.2, 0.25) is 0 Å². The minimum Gasteiger partial charge on any atom is -0.507 e. The predicted octanol–water partition coefficient (Wildman–Crippen LogP) is 6.22. The van der Waals surface area contributed by atoms with Crippen LogP contribution in [0, 0.1) is 6.92 Å². The summed E-state index contributed by atoms with van der Waals surface area (Å²) >= 11 is 0. The smallest absolute Gasteiger partial charge is 0.416 e. The van der Waals surface area contributed by atoms with Gasteiger partial charge in [0.1, 0.15) is 5.75 Å². The van der Waals surface area contributed by atoms with Crippen LogP contribution in [-0.4, -0.2) is 44.0 Å². The molecule has 43 heavy (non-hydrogen) atoms. The topological polar surface area (TPSA) is 130 Å². The molecule has 0 aliphatic carbocycles. The minimum absolute atomic E-state index is 0.00454. The van der Waals surface area contributed by atoms with Gasteiger partial charge in [-0.25, -0.2) is 19.9 Å². The summed E-state index contributed by atoms with van der Waals surface area (Å²) in [6, 6.07) is 11.0. The number of nitrogen functional groups attached to an aromatic ring is 1. The summed E-state index contributed by atoms with van der Waals surface area (Å²) in [7, 11) is 0. The van der Waals surface area contributed by atoms with Gasteiger partial charge in [-0.2, -0.15) is 13.2 Å². The van der Waals surface area contributed by atoms with E-state index in [9.17, 15) is 23.1 Å². The molecule has 9 nitrogen and oxygen atoms in total. The molecule has 0 unspecified atom stereocenters. The number of hydrogen-bond donors (Lipinski definition) is 3. The van der Waals surface area contributed by atoms with Crippen LogP contribution in [0.4, 0.5) is 30.8 Å². The van der Waals surface area contributed by atoms with Gasteiger partial charge in [-0.15, -0.1) is 0 Å². The molecule has 1 fully saturated rings. The van der Waals surface area contributed by atoms with Crippen molar-refractivity contribution in [3.63, 3.8) is 0 Å². The number of hydrogen-bond acceptors (Lipinski definition) is 8. The van der Waals surface area contributed by atoms with E-state index in [1.807, 2.05) is 6.92 Å². The molecule has 1 aliphatic heterocycles. The second kappa shape index (κ2) is 10.9. The number of benzene rings is 3. The van der Waals surface area contributed by atoms with E-state index in [4.69, 9.17) is 5.73 Å². The maximum atomic E-state index is 13.2. The zero-order valence-electron chi connectivity index (χ0n) is 23.0. The Labute approximate surface area is 244 Å². The number of halogens is 3. The van der Waals surface area contributed by atoms with Crippen LogP contribution in [0.1, 0.15) is 34.3 Å². The third-order valence-electron chi connectivity index (χ3n) is 7.42. The Bertz CT molecular complexity index is 1850. The van der Waals surface area contributed by atoms with Crippen LogP contribution >= 0.6 is 0 Å². The first-order valence-electron chi connectivity index (χ1n) is 13.5. The Morgan fingerprint density at radius 3 is 2.44 bits per heavy atom. The molecule has 12 heteroatoms. The molecule has 0 spiro atoms. The fourth-order valence-electron chi connectivity index (χ4n) is 5.22. The quantitative estimate of drug-likeness (QED) is 0.222. The number of rotatable bonds is 5. The van der Waals surface area contributed by atoms with Gasteiger partial charge >= 0.3 is 6.18 Å². The molecule has 5 aromatic rings. The number of fused-ring (bicyclic) bond motifs is 1. The van der Waals surface area contributed by atoms with Crippen molar-refractivity contribution in [2.24, 2.45) is 0 Å². The van der Waals surface area contributed by atoms with Gasteiger partial charge in [-0.3, -0.25) is 4.79 Å². The lowest BCUT2D eigenvalue weighted by atomic mass is 9.92. The highest BCUT2D eigenvalue weighted by molar-refractivity contribution is 6.06. The molecule has 0 saturated carbocycles. The molecule has 218 valence electrons. The van der Waals surface area contributed by atoms with E-state index in [0.717, 1.165) is 43.6 Å². The number of alkyl halides is 3. The van der Waals surface area contributed by atoms with Gasteiger partial charge in [0.2, 0.25) is 11.9 Å². The molecule has 1 aliphatic rings. The summed E-state index contributed by atoms with van der Waals surface area (Å²) in [5, 5.41) is 14.8. The molecular formula is C31H26F3N7O2. The highest BCUT2D eigenvalue weighted by Gasteiger charge is 2.30. The second-order valence-electron chi connectivity index (χ2n) is 10.3.